The van der Waals surface area contributed by atoms with Crippen LogP contribution in [0.4, 0.5) is 13.2 Å². The third kappa shape index (κ3) is 7.34. The lowest BCUT2D eigenvalue weighted by atomic mass is 10.0. The van der Waals surface area contributed by atoms with Gasteiger partial charge in [0.2, 0.25) is 0 Å². The fraction of sp³-hybridized carbons (Fsp3) is 0.600. The van der Waals surface area contributed by atoms with Gasteiger partial charge < -0.3 is 15.0 Å². The van der Waals surface area contributed by atoms with Crippen molar-refractivity contribution >= 4 is 0 Å². The normalized spacial score (nSPS) is 13.8. The first kappa shape index (κ1) is 17.8. The summed E-state index contributed by atoms with van der Waals surface area (Å²) >= 11 is 0. The number of ether oxygens (including phenoxy) is 1. The third-order valence-electron chi connectivity index (χ3n) is 3.09. The van der Waals surface area contributed by atoms with Crippen LogP contribution in [0.2, 0.25) is 0 Å². The first-order valence-corrected chi connectivity index (χ1v) is 6.90. The second kappa shape index (κ2) is 7.66. The Labute approximate surface area is 124 Å². The van der Waals surface area contributed by atoms with Crippen LogP contribution in [0, 0.1) is 5.92 Å². The highest BCUT2D eigenvalue weighted by atomic mass is 19.4. The maximum Gasteiger partial charge on any atom is 0.573 e. The topological polar surface area (TPSA) is 24.5 Å². The summed E-state index contributed by atoms with van der Waals surface area (Å²) in [4.78, 5) is 2.11. The van der Waals surface area contributed by atoms with Crippen molar-refractivity contribution in [3.05, 3.63) is 29.8 Å². The second-order valence-electron chi connectivity index (χ2n) is 5.69. The fourth-order valence-corrected chi connectivity index (χ4v) is 1.96. The van der Waals surface area contributed by atoms with Crippen molar-refractivity contribution in [2.75, 3.05) is 20.6 Å². The zero-order chi connectivity index (χ0) is 16.0. The predicted molar refractivity (Wildman–Crippen MR) is 77.1 cm³/mol. The highest BCUT2D eigenvalue weighted by Crippen LogP contribution is 2.22. The standard InChI is InChI=1S/C15H23F3N2O/c1-11(2)14(10-20(3)4)19-9-12-5-7-13(8-6-12)21-15(16,17)18/h5-8,11,14,19H,9-10H2,1-4H3. The van der Waals surface area contributed by atoms with Crippen LogP contribution in [-0.2, 0) is 6.54 Å². The maximum absolute atomic E-state index is 12.1. The number of rotatable bonds is 7. The van der Waals surface area contributed by atoms with Gasteiger partial charge in [-0.1, -0.05) is 26.0 Å². The lowest BCUT2D eigenvalue weighted by Gasteiger charge is -2.25. The van der Waals surface area contributed by atoms with Crippen LogP contribution in [0.25, 0.3) is 0 Å². The monoisotopic (exact) mass is 304 g/mol. The van der Waals surface area contributed by atoms with Crippen LogP contribution in [0.15, 0.2) is 24.3 Å². The molecule has 1 aromatic carbocycles. The summed E-state index contributed by atoms with van der Waals surface area (Å²) in [6.07, 6.45) is -4.64. The molecule has 3 nitrogen and oxygen atoms in total. The van der Waals surface area contributed by atoms with E-state index in [-0.39, 0.29) is 5.75 Å². The number of nitrogens with one attached hydrogen (secondary N) is 1. The molecule has 6 heteroatoms. The van der Waals surface area contributed by atoms with E-state index in [2.05, 4.69) is 28.8 Å². The smallest absolute Gasteiger partial charge is 0.406 e. The van der Waals surface area contributed by atoms with E-state index in [1.165, 1.54) is 12.1 Å². The predicted octanol–water partition coefficient (Wildman–Crippen LogP) is 3.26. The second-order valence-corrected chi connectivity index (χ2v) is 5.69. The van der Waals surface area contributed by atoms with E-state index in [1.54, 1.807) is 12.1 Å². The molecule has 0 fully saturated rings. The molecule has 0 spiro atoms. The van der Waals surface area contributed by atoms with Crippen LogP contribution in [0.3, 0.4) is 0 Å². The summed E-state index contributed by atoms with van der Waals surface area (Å²) in [6.45, 7) is 5.80. The van der Waals surface area contributed by atoms with Crippen LogP contribution in [0.5, 0.6) is 5.75 Å². The Morgan fingerprint density at radius 1 is 1.14 bits per heavy atom. The zero-order valence-electron chi connectivity index (χ0n) is 12.9. The summed E-state index contributed by atoms with van der Waals surface area (Å²) in [6, 6.07) is 6.27. The van der Waals surface area contributed by atoms with Gasteiger partial charge in [0.15, 0.2) is 0 Å². The lowest BCUT2D eigenvalue weighted by molar-refractivity contribution is -0.274. The molecule has 0 aromatic heterocycles. The van der Waals surface area contributed by atoms with Gasteiger partial charge in [0.05, 0.1) is 0 Å². The van der Waals surface area contributed by atoms with Crippen molar-refractivity contribution in [2.24, 2.45) is 5.92 Å². The largest absolute Gasteiger partial charge is 0.573 e. The van der Waals surface area contributed by atoms with Crippen molar-refractivity contribution in [3.63, 3.8) is 0 Å². The molecule has 0 aliphatic carbocycles. The van der Waals surface area contributed by atoms with Crippen molar-refractivity contribution in [3.8, 4) is 5.75 Å². The van der Waals surface area contributed by atoms with Gasteiger partial charge in [-0.05, 0) is 37.7 Å². The van der Waals surface area contributed by atoms with Gasteiger partial charge >= 0.3 is 6.36 Å². The first-order valence-electron chi connectivity index (χ1n) is 6.90. The van der Waals surface area contributed by atoms with E-state index < -0.39 is 6.36 Å². The van der Waals surface area contributed by atoms with E-state index in [0.29, 0.717) is 18.5 Å². The molecule has 0 aliphatic rings. The Bertz CT molecular complexity index is 416. The molecule has 0 heterocycles. The quantitative estimate of drug-likeness (QED) is 0.837. The number of benzene rings is 1. The van der Waals surface area contributed by atoms with Crippen molar-refractivity contribution in [1.29, 1.82) is 0 Å². The molecule has 1 unspecified atom stereocenters. The molecule has 1 atom stereocenters. The SMILES string of the molecule is CC(C)C(CN(C)C)NCc1ccc(OC(F)(F)F)cc1. The van der Waals surface area contributed by atoms with Crippen LogP contribution in [-0.4, -0.2) is 37.9 Å². The fourth-order valence-electron chi connectivity index (χ4n) is 1.96. The number of hydrogen-bond acceptors (Lipinski definition) is 3. The molecule has 1 aromatic rings. The number of alkyl halides is 3. The Morgan fingerprint density at radius 3 is 2.14 bits per heavy atom. The van der Waals surface area contributed by atoms with E-state index in [9.17, 15) is 13.2 Å². The Hall–Kier alpha value is -1.27. The minimum absolute atomic E-state index is 0.194. The van der Waals surface area contributed by atoms with Gasteiger partial charge in [0.1, 0.15) is 5.75 Å². The third-order valence-corrected chi connectivity index (χ3v) is 3.09. The molecular formula is C15H23F3N2O. The van der Waals surface area contributed by atoms with Gasteiger partial charge in [0, 0.05) is 19.1 Å². The highest BCUT2D eigenvalue weighted by molar-refractivity contribution is 5.27. The van der Waals surface area contributed by atoms with Crippen molar-refractivity contribution in [2.45, 2.75) is 32.8 Å². The molecule has 1 N–H and O–H groups in total. The number of halogens is 3. The highest BCUT2D eigenvalue weighted by Gasteiger charge is 2.30. The van der Waals surface area contributed by atoms with Crippen LogP contribution in [0.1, 0.15) is 19.4 Å². The van der Waals surface area contributed by atoms with Gasteiger partial charge in [-0.2, -0.15) is 0 Å². The van der Waals surface area contributed by atoms with Crippen molar-refractivity contribution in [1.82, 2.24) is 10.2 Å². The minimum Gasteiger partial charge on any atom is -0.406 e. The number of likely N-dealkylation sites (N-methyl/N-ethyl adjacent to an activating group) is 1. The van der Waals surface area contributed by atoms with E-state index >= 15 is 0 Å². The van der Waals surface area contributed by atoms with Crippen LogP contribution < -0.4 is 10.1 Å². The molecule has 1 rings (SSSR count). The molecule has 21 heavy (non-hydrogen) atoms. The summed E-state index contributed by atoms with van der Waals surface area (Å²) in [5.41, 5.74) is 0.925. The average Bonchev–Trinajstić information content (AvgIpc) is 2.33. The summed E-state index contributed by atoms with van der Waals surface area (Å²) < 4.78 is 40.0. The molecule has 0 saturated carbocycles. The maximum atomic E-state index is 12.1. The summed E-state index contributed by atoms with van der Waals surface area (Å²) in [7, 11) is 4.03. The number of nitrogens with zero attached hydrogens (tertiary/aromatic N) is 1. The molecular weight excluding hydrogens is 281 g/mol. The average molecular weight is 304 g/mol. The summed E-state index contributed by atoms with van der Waals surface area (Å²) in [5, 5.41) is 3.43. The molecule has 0 radical (unpaired) electrons. The van der Waals surface area contributed by atoms with E-state index in [1.807, 2.05) is 14.1 Å². The Morgan fingerprint density at radius 2 is 1.71 bits per heavy atom. The molecule has 120 valence electrons. The van der Waals surface area contributed by atoms with Gasteiger partial charge in [-0.15, -0.1) is 13.2 Å². The lowest BCUT2D eigenvalue weighted by Crippen LogP contribution is -2.41. The first-order chi connectivity index (χ1) is 9.67. The van der Waals surface area contributed by atoms with Gasteiger partial charge in [-0.25, -0.2) is 0 Å². The Kier molecular flexibility index (Phi) is 6.48. The molecule has 0 amide bonds. The molecule has 0 saturated heterocycles. The van der Waals surface area contributed by atoms with E-state index in [0.717, 1.165) is 12.1 Å². The molecule has 0 aliphatic heterocycles. The van der Waals surface area contributed by atoms with E-state index in [4.69, 9.17) is 0 Å². The minimum atomic E-state index is -4.64. The zero-order valence-corrected chi connectivity index (χ0v) is 12.9. The van der Waals surface area contributed by atoms with Crippen molar-refractivity contribution < 1.29 is 17.9 Å². The molecule has 0 bridgehead atoms. The van der Waals surface area contributed by atoms with Crippen LogP contribution >= 0.6 is 0 Å². The Balaban J connectivity index is 2.55. The van der Waals surface area contributed by atoms with Gasteiger partial charge in [0.25, 0.3) is 0 Å². The summed E-state index contributed by atoms with van der Waals surface area (Å²) in [5.74, 6) is 0.278. The van der Waals surface area contributed by atoms with Gasteiger partial charge in [-0.3, -0.25) is 0 Å². The number of hydrogen-bond donors (Lipinski definition) is 1.